The van der Waals surface area contributed by atoms with Gasteiger partial charge in [0.05, 0.1) is 10.6 Å². The van der Waals surface area contributed by atoms with Crippen LogP contribution in [0.1, 0.15) is 34.3 Å². The molecule has 0 spiro atoms. The lowest BCUT2D eigenvalue weighted by atomic mass is 10.1. The van der Waals surface area contributed by atoms with Crippen LogP contribution in [0.25, 0.3) is 0 Å². The van der Waals surface area contributed by atoms with Gasteiger partial charge in [-0.15, -0.1) is 0 Å². The lowest BCUT2D eigenvalue weighted by Gasteiger charge is -2.14. The zero-order valence-corrected chi connectivity index (χ0v) is 16.1. The summed E-state index contributed by atoms with van der Waals surface area (Å²) in [4.78, 5) is 12.6. The van der Waals surface area contributed by atoms with Crippen LogP contribution in [0.5, 0.6) is 5.75 Å². The van der Waals surface area contributed by atoms with Gasteiger partial charge in [-0.3, -0.25) is 4.79 Å². The van der Waals surface area contributed by atoms with Gasteiger partial charge < -0.3 is 14.8 Å². The Balaban J connectivity index is 1.68. The smallest absolute Gasteiger partial charge is 0.255 e. The Labute approximate surface area is 156 Å². The highest BCUT2D eigenvalue weighted by atomic mass is 79.9. The molecule has 2 aromatic carbocycles. The van der Waals surface area contributed by atoms with Crippen molar-refractivity contribution in [3.63, 3.8) is 0 Å². The maximum Gasteiger partial charge on any atom is 0.255 e. The van der Waals surface area contributed by atoms with E-state index in [1.165, 1.54) is 0 Å². The van der Waals surface area contributed by atoms with Crippen molar-refractivity contribution in [2.24, 2.45) is 0 Å². The van der Waals surface area contributed by atoms with Crippen molar-refractivity contribution < 1.29 is 14.3 Å². The average molecular weight is 404 g/mol. The Bertz CT molecular complexity index is 749. The molecule has 1 atom stereocenters. The first-order valence-electron chi connectivity index (χ1n) is 8.46. The van der Waals surface area contributed by atoms with Gasteiger partial charge in [0.25, 0.3) is 5.91 Å². The van der Waals surface area contributed by atoms with Crippen molar-refractivity contribution in [2.75, 3.05) is 18.5 Å². The maximum absolute atomic E-state index is 12.6. The summed E-state index contributed by atoms with van der Waals surface area (Å²) in [7, 11) is 0. The Morgan fingerprint density at radius 3 is 2.68 bits per heavy atom. The van der Waals surface area contributed by atoms with E-state index in [9.17, 15) is 4.79 Å². The number of hydrogen-bond donors (Lipinski definition) is 1. The molecule has 0 aliphatic carbocycles. The number of aryl methyl sites for hydroxylation is 2. The van der Waals surface area contributed by atoms with Crippen molar-refractivity contribution in [1.29, 1.82) is 0 Å². The number of nitrogens with one attached hydrogen (secondary N) is 1. The predicted molar refractivity (Wildman–Crippen MR) is 102 cm³/mol. The van der Waals surface area contributed by atoms with Crippen LogP contribution >= 0.6 is 15.9 Å². The Morgan fingerprint density at radius 2 is 2.04 bits per heavy atom. The van der Waals surface area contributed by atoms with E-state index in [2.05, 4.69) is 21.2 Å². The Morgan fingerprint density at radius 1 is 1.28 bits per heavy atom. The molecule has 5 heteroatoms. The zero-order chi connectivity index (χ0) is 17.8. The monoisotopic (exact) mass is 403 g/mol. The van der Waals surface area contributed by atoms with Crippen molar-refractivity contribution in [2.45, 2.75) is 32.8 Å². The molecule has 1 aliphatic heterocycles. The fourth-order valence-electron chi connectivity index (χ4n) is 2.91. The molecule has 132 valence electrons. The number of hydrogen-bond acceptors (Lipinski definition) is 3. The maximum atomic E-state index is 12.6. The summed E-state index contributed by atoms with van der Waals surface area (Å²) < 4.78 is 12.1. The lowest BCUT2D eigenvalue weighted by molar-refractivity contribution is 0.0677. The minimum absolute atomic E-state index is 0.135. The summed E-state index contributed by atoms with van der Waals surface area (Å²) in [6, 6.07) is 11.3. The van der Waals surface area contributed by atoms with E-state index in [1.807, 2.05) is 38.1 Å². The van der Waals surface area contributed by atoms with Gasteiger partial charge in [-0.25, -0.2) is 0 Å². The average Bonchev–Trinajstić information content (AvgIpc) is 3.10. The number of carbonyl (C=O) groups excluding carboxylic acids is 1. The molecule has 0 saturated carbocycles. The second-order valence-corrected chi connectivity index (χ2v) is 7.17. The molecule has 0 radical (unpaired) electrons. The topological polar surface area (TPSA) is 47.6 Å². The molecule has 0 aromatic heterocycles. The third-order valence-corrected chi connectivity index (χ3v) is 4.98. The number of rotatable bonds is 5. The molecule has 1 unspecified atom stereocenters. The molecule has 4 nitrogen and oxygen atoms in total. The van der Waals surface area contributed by atoms with Crippen LogP contribution in [0.15, 0.2) is 40.9 Å². The summed E-state index contributed by atoms with van der Waals surface area (Å²) in [5.74, 6) is 0.586. The second kappa shape index (κ2) is 8.02. The molecule has 1 heterocycles. The van der Waals surface area contributed by atoms with Crippen LogP contribution in [0.2, 0.25) is 0 Å². The van der Waals surface area contributed by atoms with Crippen LogP contribution in [0.4, 0.5) is 5.69 Å². The molecule has 1 saturated heterocycles. The van der Waals surface area contributed by atoms with Crippen molar-refractivity contribution >= 4 is 27.5 Å². The van der Waals surface area contributed by atoms with E-state index in [0.717, 1.165) is 46.5 Å². The highest BCUT2D eigenvalue weighted by Crippen LogP contribution is 2.28. The number of benzene rings is 2. The Kier molecular flexibility index (Phi) is 5.76. The molecule has 1 amide bonds. The predicted octanol–water partition coefficient (Wildman–Crippen LogP) is 4.88. The van der Waals surface area contributed by atoms with Gasteiger partial charge in [-0.05, 0) is 71.9 Å². The van der Waals surface area contributed by atoms with Gasteiger partial charge in [-0.2, -0.15) is 0 Å². The minimum atomic E-state index is -0.135. The first-order valence-corrected chi connectivity index (χ1v) is 9.25. The fourth-order valence-corrected chi connectivity index (χ4v) is 3.41. The third-order valence-electron chi connectivity index (χ3n) is 4.36. The summed E-state index contributed by atoms with van der Waals surface area (Å²) >= 11 is 3.49. The number of amides is 1. The summed E-state index contributed by atoms with van der Waals surface area (Å²) in [6.45, 7) is 5.32. The van der Waals surface area contributed by atoms with E-state index in [0.29, 0.717) is 12.2 Å². The number of para-hydroxylation sites is 1. The quantitative estimate of drug-likeness (QED) is 0.773. The minimum Gasteiger partial charge on any atom is -0.490 e. The van der Waals surface area contributed by atoms with Gasteiger partial charge in [0.2, 0.25) is 0 Å². The van der Waals surface area contributed by atoms with E-state index in [1.54, 1.807) is 12.1 Å². The van der Waals surface area contributed by atoms with Gasteiger partial charge in [-0.1, -0.05) is 18.2 Å². The van der Waals surface area contributed by atoms with Gasteiger partial charge in [0.1, 0.15) is 12.4 Å². The van der Waals surface area contributed by atoms with E-state index >= 15 is 0 Å². The molecule has 1 N–H and O–H groups in total. The van der Waals surface area contributed by atoms with Crippen LogP contribution in [-0.4, -0.2) is 25.2 Å². The Hall–Kier alpha value is -1.85. The van der Waals surface area contributed by atoms with Crippen LogP contribution in [-0.2, 0) is 4.74 Å². The number of halogens is 1. The summed E-state index contributed by atoms with van der Waals surface area (Å²) in [5.41, 5.74) is 3.54. The lowest BCUT2D eigenvalue weighted by Crippen LogP contribution is -2.17. The summed E-state index contributed by atoms with van der Waals surface area (Å²) in [6.07, 6.45) is 2.29. The van der Waals surface area contributed by atoms with Gasteiger partial charge >= 0.3 is 0 Å². The molecule has 1 fully saturated rings. The highest BCUT2D eigenvalue weighted by Gasteiger charge is 2.17. The molecule has 0 bridgehead atoms. The molecule has 1 aliphatic rings. The van der Waals surface area contributed by atoms with Crippen LogP contribution in [0, 0.1) is 13.8 Å². The van der Waals surface area contributed by atoms with Gasteiger partial charge in [0.15, 0.2) is 0 Å². The zero-order valence-electron chi connectivity index (χ0n) is 14.5. The van der Waals surface area contributed by atoms with Gasteiger partial charge in [0, 0.05) is 17.9 Å². The van der Waals surface area contributed by atoms with Crippen LogP contribution in [0.3, 0.4) is 0 Å². The van der Waals surface area contributed by atoms with E-state index in [-0.39, 0.29) is 12.0 Å². The second-order valence-electron chi connectivity index (χ2n) is 6.31. The number of carbonyl (C=O) groups is 1. The number of ether oxygens (including phenoxy) is 2. The first-order chi connectivity index (χ1) is 12.0. The van der Waals surface area contributed by atoms with Crippen molar-refractivity contribution in [1.82, 2.24) is 0 Å². The molecule has 25 heavy (non-hydrogen) atoms. The SMILES string of the molecule is Cc1cccc(C)c1NC(=O)c1ccc(OCC2CCCO2)c(Br)c1. The van der Waals surface area contributed by atoms with Crippen molar-refractivity contribution in [3.05, 3.63) is 57.6 Å². The largest absolute Gasteiger partial charge is 0.490 e. The fraction of sp³-hybridized carbons (Fsp3) is 0.350. The standard InChI is InChI=1S/C20H22BrNO3/c1-13-5-3-6-14(2)19(13)22-20(23)15-8-9-18(17(21)11-15)25-12-16-7-4-10-24-16/h3,5-6,8-9,11,16H,4,7,10,12H2,1-2H3,(H,22,23). The molecule has 2 aromatic rings. The molecule has 3 rings (SSSR count). The van der Waals surface area contributed by atoms with Crippen molar-refractivity contribution in [3.8, 4) is 5.75 Å². The number of anilines is 1. The molecular weight excluding hydrogens is 382 g/mol. The van der Waals surface area contributed by atoms with E-state index in [4.69, 9.17) is 9.47 Å². The van der Waals surface area contributed by atoms with E-state index < -0.39 is 0 Å². The highest BCUT2D eigenvalue weighted by molar-refractivity contribution is 9.10. The third kappa shape index (κ3) is 4.41. The normalized spacial score (nSPS) is 16.7. The molecular formula is C20H22BrNO3. The first kappa shape index (κ1) is 18.0. The van der Waals surface area contributed by atoms with Crippen LogP contribution < -0.4 is 10.1 Å². The summed E-state index contributed by atoms with van der Waals surface area (Å²) in [5, 5.41) is 3.00.